The minimum absolute atomic E-state index is 0.139. The van der Waals surface area contributed by atoms with Crippen molar-refractivity contribution in [1.82, 2.24) is 5.32 Å². The number of amides is 1. The fourth-order valence-corrected chi connectivity index (χ4v) is 3.24. The molecule has 3 rings (SSSR count). The molecule has 0 heterocycles. The Morgan fingerprint density at radius 3 is 2.28 bits per heavy atom. The molecule has 1 amide bonds. The van der Waals surface area contributed by atoms with Gasteiger partial charge in [0.1, 0.15) is 18.1 Å². The van der Waals surface area contributed by atoms with Crippen LogP contribution in [0.4, 0.5) is 0 Å². The van der Waals surface area contributed by atoms with Crippen LogP contribution in [0, 0.1) is 0 Å². The second-order valence-corrected chi connectivity index (χ2v) is 7.05. The maximum Gasteiger partial charge on any atom is 0.251 e. The predicted octanol–water partition coefficient (Wildman–Crippen LogP) is 4.65. The van der Waals surface area contributed by atoms with Crippen molar-refractivity contribution < 1.29 is 23.7 Å². The first-order chi connectivity index (χ1) is 15.6. The second kappa shape index (κ2) is 11.6. The summed E-state index contributed by atoms with van der Waals surface area (Å²) < 4.78 is 22.2. The van der Waals surface area contributed by atoms with Gasteiger partial charge in [0.25, 0.3) is 5.91 Å². The van der Waals surface area contributed by atoms with Gasteiger partial charge in [-0.25, -0.2) is 0 Å². The zero-order valence-electron chi connectivity index (χ0n) is 18.7. The van der Waals surface area contributed by atoms with Crippen LogP contribution in [0.2, 0.25) is 0 Å². The van der Waals surface area contributed by atoms with Gasteiger partial charge in [-0.3, -0.25) is 4.79 Å². The van der Waals surface area contributed by atoms with Crippen LogP contribution in [0.1, 0.15) is 28.4 Å². The lowest BCUT2D eigenvalue weighted by Gasteiger charge is -2.15. The Labute approximate surface area is 189 Å². The van der Waals surface area contributed by atoms with Crippen molar-refractivity contribution in [1.29, 1.82) is 0 Å². The minimum atomic E-state index is -0.139. The highest BCUT2D eigenvalue weighted by molar-refractivity contribution is 5.94. The van der Waals surface area contributed by atoms with E-state index < -0.39 is 0 Å². The van der Waals surface area contributed by atoms with Crippen LogP contribution in [-0.2, 0) is 13.0 Å². The number of hydrogen-bond donors (Lipinski definition) is 1. The third-order valence-corrected chi connectivity index (χ3v) is 4.93. The van der Waals surface area contributed by atoms with Crippen molar-refractivity contribution in [3.8, 4) is 23.0 Å². The first-order valence-electron chi connectivity index (χ1n) is 10.6. The molecular weight excluding hydrogens is 406 g/mol. The third-order valence-electron chi connectivity index (χ3n) is 4.93. The van der Waals surface area contributed by atoms with Crippen LogP contribution in [0.3, 0.4) is 0 Å². The van der Waals surface area contributed by atoms with Gasteiger partial charge in [-0.2, -0.15) is 0 Å². The van der Waals surface area contributed by atoms with Gasteiger partial charge < -0.3 is 24.3 Å². The Bertz CT molecular complexity index is 1020. The summed E-state index contributed by atoms with van der Waals surface area (Å²) in [6.45, 7) is 3.23. The largest absolute Gasteiger partial charge is 0.497 e. The van der Waals surface area contributed by atoms with E-state index in [0.717, 1.165) is 23.3 Å². The summed E-state index contributed by atoms with van der Waals surface area (Å²) in [5, 5.41) is 2.97. The highest BCUT2D eigenvalue weighted by Gasteiger charge is 2.12. The van der Waals surface area contributed by atoms with Crippen LogP contribution in [0.25, 0.3) is 0 Å². The Balaban J connectivity index is 1.64. The molecule has 0 radical (unpaired) electrons. The number of hydrogen-bond acceptors (Lipinski definition) is 5. The molecule has 0 saturated heterocycles. The van der Waals surface area contributed by atoms with E-state index in [2.05, 4.69) is 5.32 Å². The van der Waals surface area contributed by atoms with Gasteiger partial charge in [-0.15, -0.1) is 0 Å². The molecule has 0 aliphatic heterocycles. The lowest BCUT2D eigenvalue weighted by atomic mass is 10.1. The predicted molar refractivity (Wildman–Crippen MR) is 124 cm³/mol. The van der Waals surface area contributed by atoms with E-state index in [1.807, 2.05) is 67.6 Å². The first kappa shape index (κ1) is 23.0. The molecule has 0 aromatic heterocycles. The topological polar surface area (TPSA) is 66.0 Å². The van der Waals surface area contributed by atoms with E-state index in [1.165, 1.54) is 0 Å². The smallest absolute Gasteiger partial charge is 0.251 e. The molecule has 0 aliphatic rings. The number of benzene rings is 3. The second-order valence-electron chi connectivity index (χ2n) is 7.05. The molecular formula is C26H29NO5. The highest BCUT2D eigenvalue weighted by Crippen LogP contribution is 2.28. The van der Waals surface area contributed by atoms with Gasteiger partial charge in [0, 0.05) is 17.7 Å². The maximum absolute atomic E-state index is 12.7. The van der Waals surface area contributed by atoms with Crippen LogP contribution < -0.4 is 24.3 Å². The lowest BCUT2D eigenvalue weighted by molar-refractivity contribution is 0.0954. The Morgan fingerprint density at radius 1 is 0.844 bits per heavy atom. The molecule has 0 bridgehead atoms. The van der Waals surface area contributed by atoms with Gasteiger partial charge in [-0.05, 0) is 61.4 Å². The summed E-state index contributed by atoms with van der Waals surface area (Å²) in [6.07, 6.45) is 0.733. The first-order valence-corrected chi connectivity index (χ1v) is 10.6. The summed E-state index contributed by atoms with van der Waals surface area (Å²) in [5.41, 5.74) is 2.48. The molecule has 0 unspecified atom stereocenters. The highest BCUT2D eigenvalue weighted by atomic mass is 16.5. The van der Waals surface area contributed by atoms with Crippen LogP contribution >= 0.6 is 0 Å². The summed E-state index contributed by atoms with van der Waals surface area (Å²) >= 11 is 0. The standard InChI is InChI=1S/C26H29NO5/c1-4-31-23-14-11-20(17-21(23)18-32-25-8-6-5-7-24(25)30-3)26(28)27-16-15-19-9-12-22(29-2)13-10-19/h5-14,17H,4,15-16,18H2,1-3H3,(H,27,28). The number of carbonyl (C=O) groups is 1. The SMILES string of the molecule is CCOc1ccc(C(=O)NCCc2ccc(OC)cc2)cc1COc1ccccc1OC. The van der Waals surface area contributed by atoms with Gasteiger partial charge in [0.05, 0.1) is 20.8 Å². The molecule has 3 aromatic carbocycles. The van der Waals surface area contributed by atoms with Crippen molar-refractivity contribution in [2.45, 2.75) is 20.0 Å². The van der Waals surface area contributed by atoms with Crippen molar-refractivity contribution in [2.24, 2.45) is 0 Å². The van der Waals surface area contributed by atoms with E-state index in [1.54, 1.807) is 20.3 Å². The lowest BCUT2D eigenvalue weighted by Crippen LogP contribution is -2.25. The summed E-state index contributed by atoms with van der Waals surface area (Å²) in [6, 6.07) is 20.6. The van der Waals surface area contributed by atoms with Crippen LogP contribution in [0.5, 0.6) is 23.0 Å². The van der Waals surface area contributed by atoms with Crippen molar-refractivity contribution in [3.05, 3.63) is 83.4 Å². The maximum atomic E-state index is 12.7. The molecule has 6 nitrogen and oxygen atoms in total. The van der Waals surface area contributed by atoms with Gasteiger partial charge in [0.15, 0.2) is 11.5 Å². The van der Waals surface area contributed by atoms with Crippen molar-refractivity contribution >= 4 is 5.91 Å². The summed E-state index contributed by atoms with van der Waals surface area (Å²) in [4.78, 5) is 12.7. The van der Waals surface area contributed by atoms with E-state index in [4.69, 9.17) is 18.9 Å². The third kappa shape index (κ3) is 6.17. The fraction of sp³-hybridized carbons (Fsp3) is 0.269. The number of methoxy groups -OCH3 is 2. The molecule has 0 aliphatic carbocycles. The molecule has 6 heteroatoms. The van der Waals surface area contributed by atoms with E-state index in [0.29, 0.717) is 36.0 Å². The van der Waals surface area contributed by atoms with Gasteiger partial charge >= 0.3 is 0 Å². The zero-order chi connectivity index (χ0) is 22.8. The molecule has 0 spiro atoms. The summed E-state index contributed by atoms with van der Waals surface area (Å²) in [7, 11) is 3.24. The van der Waals surface area contributed by atoms with Crippen LogP contribution in [0.15, 0.2) is 66.7 Å². The Kier molecular flexibility index (Phi) is 8.37. The zero-order valence-corrected chi connectivity index (χ0v) is 18.7. The molecule has 0 saturated carbocycles. The molecule has 1 N–H and O–H groups in total. The fourth-order valence-electron chi connectivity index (χ4n) is 3.24. The minimum Gasteiger partial charge on any atom is -0.497 e. The molecule has 0 fully saturated rings. The molecule has 0 atom stereocenters. The normalized spacial score (nSPS) is 10.3. The average Bonchev–Trinajstić information content (AvgIpc) is 2.84. The Morgan fingerprint density at radius 2 is 1.59 bits per heavy atom. The van der Waals surface area contributed by atoms with Crippen LogP contribution in [-0.4, -0.2) is 33.3 Å². The van der Waals surface area contributed by atoms with Gasteiger partial charge in [0.2, 0.25) is 0 Å². The van der Waals surface area contributed by atoms with Crippen molar-refractivity contribution in [3.63, 3.8) is 0 Å². The average molecular weight is 436 g/mol. The van der Waals surface area contributed by atoms with E-state index >= 15 is 0 Å². The van der Waals surface area contributed by atoms with Crippen molar-refractivity contribution in [2.75, 3.05) is 27.4 Å². The summed E-state index contributed by atoms with van der Waals surface area (Å²) in [5.74, 6) is 2.65. The molecule has 168 valence electrons. The number of rotatable bonds is 11. The number of carbonyl (C=O) groups excluding carboxylic acids is 1. The number of para-hydroxylation sites is 2. The Hall–Kier alpha value is -3.67. The van der Waals surface area contributed by atoms with E-state index in [-0.39, 0.29) is 12.5 Å². The van der Waals surface area contributed by atoms with E-state index in [9.17, 15) is 4.79 Å². The monoisotopic (exact) mass is 435 g/mol. The van der Waals surface area contributed by atoms with Gasteiger partial charge in [-0.1, -0.05) is 24.3 Å². The molecule has 32 heavy (non-hydrogen) atoms. The molecule has 3 aromatic rings. The quantitative estimate of drug-likeness (QED) is 0.475. The number of nitrogens with one attached hydrogen (secondary N) is 1. The number of ether oxygens (including phenoxy) is 4.